The molecular weight excluding hydrogens is 442 g/mol. The molecule has 8 heteroatoms. The predicted octanol–water partition coefficient (Wildman–Crippen LogP) is 5.76. The van der Waals surface area contributed by atoms with Crippen LogP contribution in [0.15, 0.2) is 41.3 Å². The van der Waals surface area contributed by atoms with Crippen molar-refractivity contribution in [3.05, 3.63) is 53.1 Å². The van der Waals surface area contributed by atoms with Gasteiger partial charge >= 0.3 is 0 Å². The smallest absolute Gasteiger partial charge is 0.257 e. The molecule has 32 heavy (non-hydrogen) atoms. The Balaban J connectivity index is 1.75. The third-order valence-corrected chi connectivity index (χ3v) is 8.35. The van der Waals surface area contributed by atoms with Crippen molar-refractivity contribution in [1.82, 2.24) is 9.29 Å². The molecule has 0 saturated carbocycles. The maximum absolute atomic E-state index is 13.1. The number of nitrogens with zero attached hydrogens (tertiary/aromatic N) is 2. The lowest BCUT2D eigenvalue weighted by Crippen LogP contribution is -2.33. The van der Waals surface area contributed by atoms with Crippen LogP contribution in [0.1, 0.15) is 61.0 Å². The highest BCUT2D eigenvalue weighted by Crippen LogP contribution is 2.28. The molecule has 6 nitrogen and oxygen atoms in total. The summed E-state index contributed by atoms with van der Waals surface area (Å²) in [5.74, 6) is -0.310. The molecule has 0 aliphatic heterocycles. The first kappa shape index (κ1) is 24.4. The minimum Gasteiger partial charge on any atom is -0.298 e. The van der Waals surface area contributed by atoms with E-state index in [4.69, 9.17) is 0 Å². The van der Waals surface area contributed by atoms with Gasteiger partial charge in [-0.1, -0.05) is 38.0 Å². The molecule has 0 atom stereocenters. The van der Waals surface area contributed by atoms with E-state index in [9.17, 15) is 13.2 Å². The van der Waals surface area contributed by atoms with E-state index >= 15 is 0 Å². The van der Waals surface area contributed by atoms with E-state index in [-0.39, 0.29) is 10.8 Å². The average Bonchev–Trinajstić information content (AvgIpc) is 3.14. The SMILES string of the molecule is CCCCN(CCCC)S(=O)(=O)c1ccc(C(=O)Nc2nc3cc(C)c(C)cc3s2)cc1. The number of sulfonamides is 1. The number of hydrogen-bond acceptors (Lipinski definition) is 5. The van der Waals surface area contributed by atoms with Crippen LogP contribution in [-0.2, 0) is 10.0 Å². The largest absolute Gasteiger partial charge is 0.298 e. The molecule has 172 valence electrons. The van der Waals surface area contributed by atoms with E-state index in [0.29, 0.717) is 23.8 Å². The normalized spacial score (nSPS) is 11.9. The number of hydrogen-bond donors (Lipinski definition) is 1. The van der Waals surface area contributed by atoms with Gasteiger partial charge in [-0.05, 0) is 74.2 Å². The average molecular weight is 474 g/mol. The number of carbonyl (C=O) groups excluding carboxylic acids is 1. The van der Waals surface area contributed by atoms with Crippen LogP contribution in [0.3, 0.4) is 0 Å². The van der Waals surface area contributed by atoms with Gasteiger partial charge in [-0.25, -0.2) is 13.4 Å². The minimum absolute atomic E-state index is 0.215. The molecule has 3 aromatic rings. The summed E-state index contributed by atoms with van der Waals surface area (Å²) in [5, 5.41) is 3.36. The second kappa shape index (κ2) is 10.6. The molecule has 0 fully saturated rings. The fourth-order valence-electron chi connectivity index (χ4n) is 3.35. The molecule has 3 rings (SSSR count). The van der Waals surface area contributed by atoms with Crippen LogP contribution < -0.4 is 5.32 Å². The number of unbranched alkanes of at least 4 members (excludes halogenated alkanes) is 2. The van der Waals surface area contributed by atoms with Gasteiger partial charge in [0.1, 0.15) is 0 Å². The Kier molecular flexibility index (Phi) is 8.03. The molecular formula is C24H31N3O3S2. The Morgan fingerprint density at radius 3 is 2.19 bits per heavy atom. The highest BCUT2D eigenvalue weighted by molar-refractivity contribution is 7.89. The maximum atomic E-state index is 13.1. The fourth-order valence-corrected chi connectivity index (χ4v) is 5.81. The minimum atomic E-state index is -3.58. The monoisotopic (exact) mass is 473 g/mol. The lowest BCUT2D eigenvalue weighted by molar-refractivity contribution is 0.102. The topological polar surface area (TPSA) is 79.4 Å². The van der Waals surface area contributed by atoms with Crippen molar-refractivity contribution in [1.29, 1.82) is 0 Å². The Bertz CT molecular complexity index is 1140. The standard InChI is InChI=1S/C24H31N3O3S2/c1-5-7-13-27(14-8-6-2)32(29,30)20-11-9-19(10-12-20)23(28)26-24-25-21-15-17(3)18(4)16-22(21)31-24/h9-12,15-16H,5-8,13-14H2,1-4H3,(H,25,26,28). The molecule has 1 aromatic heterocycles. The summed E-state index contributed by atoms with van der Waals surface area (Å²) < 4.78 is 28.7. The second-order valence-electron chi connectivity index (χ2n) is 8.01. The molecule has 0 aliphatic rings. The Morgan fingerprint density at radius 1 is 1.00 bits per heavy atom. The summed E-state index contributed by atoms with van der Waals surface area (Å²) >= 11 is 1.42. The van der Waals surface area contributed by atoms with Crippen molar-refractivity contribution in [3.63, 3.8) is 0 Å². The number of aromatic nitrogens is 1. The van der Waals surface area contributed by atoms with Crippen molar-refractivity contribution in [3.8, 4) is 0 Å². The van der Waals surface area contributed by atoms with Crippen LogP contribution in [0.5, 0.6) is 0 Å². The van der Waals surface area contributed by atoms with Crippen LogP contribution in [-0.4, -0.2) is 36.7 Å². The van der Waals surface area contributed by atoms with E-state index in [0.717, 1.165) is 41.5 Å². The maximum Gasteiger partial charge on any atom is 0.257 e. The summed E-state index contributed by atoms with van der Waals surface area (Å²) in [6.45, 7) is 9.20. The van der Waals surface area contributed by atoms with E-state index in [1.165, 1.54) is 29.0 Å². The molecule has 0 aliphatic carbocycles. The summed E-state index contributed by atoms with van der Waals surface area (Å²) in [6, 6.07) is 10.2. The van der Waals surface area contributed by atoms with Crippen LogP contribution in [0.4, 0.5) is 5.13 Å². The van der Waals surface area contributed by atoms with Crippen molar-refractivity contribution >= 4 is 42.6 Å². The van der Waals surface area contributed by atoms with Gasteiger partial charge in [0.15, 0.2) is 5.13 Å². The number of anilines is 1. The molecule has 0 saturated heterocycles. The molecule has 0 spiro atoms. The van der Waals surface area contributed by atoms with Crippen LogP contribution in [0, 0.1) is 13.8 Å². The van der Waals surface area contributed by atoms with Gasteiger partial charge < -0.3 is 0 Å². The predicted molar refractivity (Wildman–Crippen MR) is 132 cm³/mol. The summed E-state index contributed by atoms with van der Waals surface area (Å²) in [5.41, 5.74) is 3.59. The molecule has 1 amide bonds. The molecule has 0 radical (unpaired) electrons. The Labute approximate surface area is 194 Å². The van der Waals surface area contributed by atoms with Crippen LogP contribution >= 0.6 is 11.3 Å². The number of fused-ring (bicyclic) bond motifs is 1. The van der Waals surface area contributed by atoms with Gasteiger partial charge in [0.2, 0.25) is 10.0 Å². The molecule has 0 unspecified atom stereocenters. The molecule has 2 aromatic carbocycles. The number of benzene rings is 2. The number of amides is 1. The third-order valence-electron chi connectivity index (χ3n) is 5.50. The van der Waals surface area contributed by atoms with Crippen molar-refractivity contribution in [2.24, 2.45) is 0 Å². The van der Waals surface area contributed by atoms with Crippen molar-refractivity contribution < 1.29 is 13.2 Å². The Morgan fingerprint density at radius 2 is 1.59 bits per heavy atom. The van der Waals surface area contributed by atoms with Crippen molar-refractivity contribution in [2.75, 3.05) is 18.4 Å². The number of carbonyl (C=O) groups is 1. The number of nitrogens with one attached hydrogen (secondary N) is 1. The lowest BCUT2D eigenvalue weighted by atomic mass is 10.1. The van der Waals surface area contributed by atoms with E-state index < -0.39 is 10.0 Å². The quantitative estimate of drug-likeness (QED) is 0.406. The highest BCUT2D eigenvalue weighted by Gasteiger charge is 2.24. The zero-order valence-corrected chi connectivity index (χ0v) is 20.8. The third kappa shape index (κ3) is 5.54. The van der Waals surface area contributed by atoms with Crippen LogP contribution in [0.2, 0.25) is 0 Å². The summed E-state index contributed by atoms with van der Waals surface area (Å²) in [7, 11) is -3.58. The summed E-state index contributed by atoms with van der Waals surface area (Å²) in [6.07, 6.45) is 3.51. The van der Waals surface area contributed by atoms with Crippen LogP contribution in [0.25, 0.3) is 10.2 Å². The zero-order chi connectivity index (χ0) is 23.3. The van der Waals surface area contributed by atoms with Crippen molar-refractivity contribution in [2.45, 2.75) is 58.3 Å². The van der Waals surface area contributed by atoms with Gasteiger partial charge in [0.05, 0.1) is 15.1 Å². The van der Waals surface area contributed by atoms with Gasteiger partial charge in [0, 0.05) is 18.7 Å². The first-order valence-corrected chi connectivity index (χ1v) is 13.3. The second-order valence-corrected chi connectivity index (χ2v) is 11.0. The molecule has 1 N–H and O–H groups in total. The molecule has 1 heterocycles. The fraction of sp³-hybridized carbons (Fsp3) is 0.417. The van der Waals surface area contributed by atoms with E-state index in [1.54, 1.807) is 16.4 Å². The highest BCUT2D eigenvalue weighted by atomic mass is 32.2. The first-order chi connectivity index (χ1) is 15.3. The number of rotatable bonds is 10. The first-order valence-electron chi connectivity index (χ1n) is 11.1. The van der Waals surface area contributed by atoms with E-state index in [2.05, 4.69) is 16.4 Å². The number of aryl methyl sites for hydroxylation is 2. The van der Waals surface area contributed by atoms with Gasteiger partial charge in [-0.3, -0.25) is 10.1 Å². The Hall–Kier alpha value is -2.29. The molecule has 0 bridgehead atoms. The van der Waals surface area contributed by atoms with Gasteiger partial charge in [-0.2, -0.15) is 4.31 Å². The zero-order valence-electron chi connectivity index (χ0n) is 19.1. The van der Waals surface area contributed by atoms with Gasteiger partial charge in [0.25, 0.3) is 5.91 Å². The number of thiazole rings is 1. The van der Waals surface area contributed by atoms with Gasteiger partial charge in [-0.15, -0.1) is 0 Å². The van der Waals surface area contributed by atoms with E-state index in [1.807, 2.05) is 33.8 Å². The lowest BCUT2D eigenvalue weighted by Gasteiger charge is -2.22. The summed E-state index contributed by atoms with van der Waals surface area (Å²) in [4.78, 5) is 17.4.